The second-order valence-electron chi connectivity index (χ2n) is 6.48. The molecule has 0 heterocycles. The van der Waals surface area contributed by atoms with Gasteiger partial charge >= 0.3 is 0 Å². The predicted octanol–water partition coefficient (Wildman–Crippen LogP) is 3.89. The lowest BCUT2D eigenvalue weighted by Gasteiger charge is -2.47. The van der Waals surface area contributed by atoms with Crippen LogP contribution in [-0.4, -0.2) is 36.8 Å². The fourth-order valence-corrected chi connectivity index (χ4v) is 3.58. The van der Waals surface area contributed by atoms with Crippen molar-refractivity contribution in [1.29, 1.82) is 0 Å². The van der Waals surface area contributed by atoms with Crippen molar-refractivity contribution in [2.24, 2.45) is 5.92 Å². The average Bonchev–Trinajstić information content (AvgIpc) is 2.48. The molecule has 1 aromatic rings. The molecule has 0 aliphatic heterocycles. The molecule has 118 valence electrons. The van der Waals surface area contributed by atoms with Crippen molar-refractivity contribution in [3.05, 3.63) is 28.8 Å². The highest BCUT2D eigenvalue weighted by Gasteiger charge is 2.43. The van der Waals surface area contributed by atoms with E-state index < -0.39 is 6.10 Å². The van der Waals surface area contributed by atoms with E-state index in [2.05, 4.69) is 25.9 Å². The SMILES string of the molecule is COc1cc(C(O)C2(N(C)C)CCC(C)CC2)ccc1Cl. The number of hydrogen-bond acceptors (Lipinski definition) is 3. The molecule has 1 N–H and O–H groups in total. The third-order valence-corrected chi connectivity index (χ3v) is 5.34. The molecule has 21 heavy (non-hydrogen) atoms. The number of aliphatic hydroxyl groups is 1. The van der Waals surface area contributed by atoms with Crippen molar-refractivity contribution in [1.82, 2.24) is 4.90 Å². The van der Waals surface area contributed by atoms with Gasteiger partial charge in [0.05, 0.1) is 23.8 Å². The van der Waals surface area contributed by atoms with Crippen molar-refractivity contribution < 1.29 is 9.84 Å². The van der Waals surface area contributed by atoms with Crippen LogP contribution in [0.1, 0.15) is 44.3 Å². The predicted molar refractivity (Wildman–Crippen MR) is 87.0 cm³/mol. The average molecular weight is 312 g/mol. The Morgan fingerprint density at radius 3 is 2.48 bits per heavy atom. The van der Waals surface area contributed by atoms with Gasteiger partial charge in [0.25, 0.3) is 0 Å². The van der Waals surface area contributed by atoms with Crippen LogP contribution in [0.4, 0.5) is 0 Å². The smallest absolute Gasteiger partial charge is 0.137 e. The van der Waals surface area contributed by atoms with Gasteiger partial charge in [-0.25, -0.2) is 0 Å². The van der Waals surface area contributed by atoms with E-state index in [1.807, 2.05) is 12.1 Å². The van der Waals surface area contributed by atoms with Crippen LogP contribution in [0, 0.1) is 5.92 Å². The Morgan fingerprint density at radius 2 is 1.95 bits per heavy atom. The molecule has 1 aliphatic rings. The lowest BCUT2D eigenvalue weighted by molar-refractivity contribution is -0.0408. The van der Waals surface area contributed by atoms with E-state index in [9.17, 15) is 5.11 Å². The third kappa shape index (κ3) is 3.20. The number of hydrogen-bond donors (Lipinski definition) is 1. The van der Waals surface area contributed by atoms with Crippen LogP contribution < -0.4 is 4.74 Å². The quantitative estimate of drug-likeness (QED) is 0.915. The molecule has 1 fully saturated rings. The Labute approximate surface area is 132 Å². The second kappa shape index (κ2) is 6.55. The maximum atomic E-state index is 11.0. The second-order valence-corrected chi connectivity index (χ2v) is 6.88. The molecule has 2 rings (SSSR count). The van der Waals surface area contributed by atoms with Gasteiger partial charge in [0.1, 0.15) is 5.75 Å². The highest BCUT2D eigenvalue weighted by Crippen LogP contribution is 2.44. The molecule has 1 aromatic carbocycles. The summed E-state index contributed by atoms with van der Waals surface area (Å²) in [4.78, 5) is 2.19. The monoisotopic (exact) mass is 311 g/mol. The summed E-state index contributed by atoms with van der Waals surface area (Å²) in [5.74, 6) is 1.36. The van der Waals surface area contributed by atoms with Crippen LogP contribution in [0.2, 0.25) is 5.02 Å². The minimum Gasteiger partial charge on any atom is -0.495 e. The largest absolute Gasteiger partial charge is 0.495 e. The Kier molecular flexibility index (Phi) is 5.18. The molecular weight excluding hydrogens is 286 g/mol. The van der Waals surface area contributed by atoms with Gasteiger partial charge in [0, 0.05) is 0 Å². The molecule has 4 heteroatoms. The number of likely N-dealkylation sites (N-methyl/N-ethyl adjacent to an activating group) is 1. The molecule has 3 nitrogen and oxygen atoms in total. The summed E-state index contributed by atoms with van der Waals surface area (Å²) in [5, 5.41) is 11.6. The minimum atomic E-state index is -0.536. The van der Waals surface area contributed by atoms with Crippen molar-refractivity contribution in [2.75, 3.05) is 21.2 Å². The number of methoxy groups -OCH3 is 1. The van der Waals surface area contributed by atoms with Gasteiger partial charge in [-0.05, 0) is 63.4 Å². The van der Waals surface area contributed by atoms with E-state index in [1.165, 1.54) is 0 Å². The van der Waals surface area contributed by atoms with Crippen LogP contribution in [0.5, 0.6) is 5.75 Å². The molecule has 0 amide bonds. The van der Waals surface area contributed by atoms with Gasteiger partial charge < -0.3 is 14.7 Å². The summed E-state index contributed by atoms with van der Waals surface area (Å²) >= 11 is 6.09. The summed E-state index contributed by atoms with van der Waals surface area (Å²) in [6.45, 7) is 2.29. The molecule has 1 atom stereocenters. The fraction of sp³-hybridized carbons (Fsp3) is 0.647. The van der Waals surface area contributed by atoms with E-state index in [0.29, 0.717) is 10.8 Å². The number of rotatable bonds is 4. The normalized spacial score (nSPS) is 27.7. The Balaban J connectivity index is 2.33. The molecule has 1 aliphatic carbocycles. The van der Waals surface area contributed by atoms with E-state index >= 15 is 0 Å². The zero-order chi connectivity index (χ0) is 15.6. The Bertz CT molecular complexity index is 482. The lowest BCUT2D eigenvalue weighted by atomic mass is 9.71. The highest BCUT2D eigenvalue weighted by atomic mass is 35.5. The molecule has 0 spiro atoms. The van der Waals surface area contributed by atoms with Crippen LogP contribution in [0.15, 0.2) is 18.2 Å². The van der Waals surface area contributed by atoms with Crippen LogP contribution in [0.3, 0.4) is 0 Å². The number of aliphatic hydroxyl groups excluding tert-OH is 1. The number of halogens is 1. The van der Waals surface area contributed by atoms with Crippen molar-refractivity contribution in [3.63, 3.8) is 0 Å². The van der Waals surface area contributed by atoms with Gasteiger partial charge in [-0.1, -0.05) is 24.6 Å². The zero-order valence-electron chi connectivity index (χ0n) is 13.4. The molecule has 1 unspecified atom stereocenters. The maximum Gasteiger partial charge on any atom is 0.137 e. The van der Waals surface area contributed by atoms with Gasteiger partial charge in [-0.2, -0.15) is 0 Å². The number of ether oxygens (including phenoxy) is 1. The molecule has 0 bridgehead atoms. The standard InChI is InChI=1S/C17H26ClNO2/c1-12-7-9-17(10-8-12,19(2)3)16(20)13-5-6-14(18)15(11-13)21-4/h5-6,11-12,16,20H,7-10H2,1-4H3. The first-order valence-electron chi connectivity index (χ1n) is 7.59. The number of nitrogens with zero attached hydrogens (tertiary/aromatic N) is 1. The summed E-state index contributed by atoms with van der Waals surface area (Å²) < 4.78 is 5.28. The Hall–Kier alpha value is -0.770. The zero-order valence-corrected chi connectivity index (χ0v) is 14.2. The molecular formula is C17H26ClNO2. The maximum absolute atomic E-state index is 11.0. The third-order valence-electron chi connectivity index (χ3n) is 5.03. The first-order valence-corrected chi connectivity index (χ1v) is 7.97. The summed E-state index contributed by atoms with van der Waals surface area (Å²) in [7, 11) is 5.72. The molecule has 0 radical (unpaired) electrons. The fourth-order valence-electron chi connectivity index (χ4n) is 3.38. The topological polar surface area (TPSA) is 32.7 Å². The van der Waals surface area contributed by atoms with Crippen molar-refractivity contribution in [2.45, 2.75) is 44.2 Å². The van der Waals surface area contributed by atoms with E-state index in [0.717, 1.165) is 37.2 Å². The number of benzene rings is 1. The van der Waals surface area contributed by atoms with Crippen molar-refractivity contribution in [3.8, 4) is 5.75 Å². The minimum absolute atomic E-state index is 0.203. The van der Waals surface area contributed by atoms with Crippen LogP contribution >= 0.6 is 11.6 Å². The Morgan fingerprint density at radius 1 is 1.33 bits per heavy atom. The van der Waals surface area contributed by atoms with Gasteiger partial charge in [0.2, 0.25) is 0 Å². The summed E-state index contributed by atoms with van der Waals surface area (Å²) in [5.41, 5.74) is 0.672. The van der Waals surface area contributed by atoms with Crippen molar-refractivity contribution >= 4 is 11.6 Å². The summed E-state index contributed by atoms with van der Waals surface area (Å²) in [6.07, 6.45) is 3.78. The van der Waals surface area contributed by atoms with E-state index in [-0.39, 0.29) is 5.54 Å². The van der Waals surface area contributed by atoms with Crippen LogP contribution in [0.25, 0.3) is 0 Å². The molecule has 0 aromatic heterocycles. The van der Waals surface area contributed by atoms with Crippen LogP contribution in [-0.2, 0) is 0 Å². The first kappa shape index (κ1) is 16.6. The first-order chi connectivity index (χ1) is 9.90. The van der Waals surface area contributed by atoms with Gasteiger partial charge in [-0.15, -0.1) is 0 Å². The summed E-state index contributed by atoms with van der Waals surface area (Å²) in [6, 6.07) is 5.56. The van der Waals surface area contributed by atoms with E-state index in [4.69, 9.17) is 16.3 Å². The van der Waals surface area contributed by atoms with E-state index in [1.54, 1.807) is 13.2 Å². The van der Waals surface area contributed by atoms with Gasteiger partial charge in [0.15, 0.2) is 0 Å². The lowest BCUT2D eigenvalue weighted by Crippen LogP contribution is -2.51. The molecule has 1 saturated carbocycles. The van der Waals surface area contributed by atoms with Gasteiger partial charge in [-0.3, -0.25) is 0 Å². The molecule has 0 saturated heterocycles. The highest BCUT2D eigenvalue weighted by molar-refractivity contribution is 6.32.